The number of halogens is 2. The Hall–Kier alpha value is -1.32. The summed E-state index contributed by atoms with van der Waals surface area (Å²) in [6.45, 7) is 0. The van der Waals surface area contributed by atoms with Crippen molar-refractivity contribution in [1.29, 1.82) is 0 Å². The Morgan fingerprint density at radius 1 is 1.23 bits per heavy atom. The highest BCUT2D eigenvalue weighted by Crippen LogP contribution is 2.18. The van der Waals surface area contributed by atoms with E-state index in [9.17, 15) is 9.59 Å². The van der Waals surface area contributed by atoms with Gasteiger partial charge in [0.15, 0.2) is 4.77 Å². The lowest BCUT2D eigenvalue weighted by Crippen LogP contribution is -2.29. The van der Waals surface area contributed by atoms with Crippen LogP contribution < -0.4 is 5.56 Å². The molecular weight excluding hydrogens is 479 g/mol. The first kappa shape index (κ1) is 15.6. The van der Waals surface area contributed by atoms with Gasteiger partial charge in [-0.25, -0.2) is 4.57 Å². The van der Waals surface area contributed by atoms with Crippen molar-refractivity contribution in [3.63, 3.8) is 0 Å². The molecule has 0 radical (unpaired) electrons. The second-order valence-corrected chi connectivity index (χ2v) is 7.03. The summed E-state index contributed by atoms with van der Waals surface area (Å²) in [5.41, 5.74) is 0.582. The third kappa shape index (κ3) is 2.68. The van der Waals surface area contributed by atoms with Crippen molar-refractivity contribution < 1.29 is 4.79 Å². The first-order valence-electron chi connectivity index (χ1n) is 6.23. The Kier molecular flexibility index (Phi) is 4.28. The van der Waals surface area contributed by atoms with Crippen LogP contribution in [-0.4, -0.2) is 15.5 Å². The van der Waals surface area contributed by atoms with Crippen molar-refractivity contribution in [2.24, 2.45) is 0 Å². The number of aromatic amines is 1. The lowest BCUT2D eigenvalue weighted by molar-refractivity contribution is 0.0953. The summed E-state index contributed by atoms with van der Waals surface area (Å²) in [7, 11) is 0. The molecule has 0 saturated heterocycles. The maximum atomic E-state index is 12.7. The summed E-state index contributed by atoms with van der Waals surface area (Å²) in [6.07, 6.45) is 0. The summed E-state index contributed by atoms with van der Waals surface area (Å²) in [5, 5.41) is 0.431. The first-order chi connectivity index (χ1) is 10.5. The quantitative estimate of drug-likeness (QED) is 0.416. The Labute approximate surface area is 152 Å². The van der Waals surface area contributed by atoms with Crippen LogP contribution in [0, 0.1) is 8.34 Å². The molecule has 0 aliphatic heterocycles. The summed E-state index contributed by atoms with van der Waals surface area (Å²) in [6, 6.07) is 12.3. The fourth-order valence-corrected chi connectivity index (χ4v) is 3.35. The van der Waals surface area contributed by atoms with E-state index in [1.54, 1.807) is 36.4 Å². The standard InChI is InChI=1S/C15H8BrIN2O2S/c16-11-4-2-1-3-9(11)13(20)19-14(21)10-7-8(17)5-6-12(10)18-15(19)22/h1-7H,(H,18,22). The second-order valence-electron chi connectivity index (χ2n) is 4.55. The second kappa shape index (κ2) is 6.05. The molecule has 110 valence electrons. The number of hydrogen-bond donors (Lipinski definition) is 1. The average Bonchev–Trinajstić information content (AvgIpc) is 2.48. The molecule has 22 heavy (non-hydrogen) atoms. The van der Waals surface area contributed by atoms with Crippen LogP contribution in [0.2, 0.25) is 0 Å². The van der Waals surface area contributed by atoms with Gasteiger partial charge in [-0.15, -0.1) is 0 Å². The molecule has 7 heteroatoms. The number of benzene rings is 2. The molecule has 0 amide bonds. The number of nitrogens with zero attached hydrogens (tertiary/aromatic N) is 1. The van der Waals surface area contributed by atoms with Crippen LogP contribution in [-0.2, 0) is 0 Å². The van der Waals surface area contributed by atoms with Crippen LogP contribution >= 0.6 is 50.7 Å². The lowest BCUT2D eigenvalue weighted by Gasteiger charge is -2.08. The molecule has 4 nitrogen and oxygen atoms in total. The number of hydrogen-bond acceptors (Lipinski definition) is 3. The predicted molar refractivity (Wildman–Crippen MR) is 100.0 cm³/mol. The molecule has 3 aromatic rings. The number of carbonyl (C=O) groups is 1. The van der Waals surface area contributed by atoms with Crippen LogP contribution in [0.5, 0.6) is 0 Å². The van der Waals surface area contributed by atoms with Gasteiger partial charge in [0.25, 0.3) is 11.5 Å². The summed E-state index contributed by atoms with van der Waals surface area (Å²) in [5.74, 6) is -0.459. The number of fused-ring (bicyclic) bond motifs is 1. The van der Waals surface area contributed by atoms with Gasteiger partial charge in [0.1, 0.15) is 0 Å². The topological polar surface area (TPSA) is 54.9 Å². The molecule has 0 bridgehead atoms. The Bertz CT molecular complexity index is 1030. The fourth-order valence-electron chi connectivity index (χ4n) is 2.13. The minimum atomic E-state index is -0.459. The van der Waals surface area contributed by atoms with Gasteiger partial charge in [-0.05, 0) is 81.1 Å². The van der Waals surface area contributed by atoms with Crippen LogP contribution in [0.3, 0.4) is 0 Å². The smallest absolute Gasteiger partial charge is 0.269 e. The fraction of sp³-hybridized carbons (Fsp3) is 0. The molecule has 0 aliphatic carbocycles. The third-order valence-corrected chi connectivity index (χ3v) is 4.81. The highest BCUT2D eigenvalue weighted by atomic mass is 127. The van der Waals surface area contributed by atoms with Crippen LogP contribution in [0.25, 0.3) is 10.9 Å². The van der Waals surface area contributed by atoms with E-state index in [2.05, 4.69) is 43.5 Å². The number of aromatic nitrogens is 2. The van der Waals surface area contributed by atoms with Crippen molar-refractivity contribution in [3.8, 4) is 0 Å². The van der Waals surface area contributed by atoms with Crippen LogP contribution in [0.4, 0.5) is 0 Å². The zero-order valence-electron chi connectivity index (χ0n) is 11.0. The average molecular weight is 487 g/mol. The molecule has 3 rings (SSSR count). The molecule has 0 spiro atoms. The minimum Gasteiger partial charge on any atom is -0.331 e. The van der Waals surface area contributed by atoms with E-state index in [1.165, 1.54) is 0 Å². The van der Waals surface area contributed by atoms with Gasteiger partial charge >= 0.3 is 0 Å². The van der Waals surface area contributed by atoms with Gasteiger partial charge in [0, 0.05) is 8.04 Å². The van der Waals surface area contributed by atoms with Crippen LogP contribution in [0.15, 0.2) is 51.7 Å². The van der Waals surface area contributed by atoms with E-state index in [4.69, 9.17) is 12.2 Å². The number of H-pyrrole nitrogens is 1. The van der Waals surface area contributed by atoms with Crippen molar-refractivity contribution in [2.45, 2.75) is 0 Å². The molecule has 1 heterocycles. The molecule has 0 saturated carbocycles. The number of rotatable bonds is 1. The summed E-state index contributed by atoms with van der Waals surface area (Å²) >= 11 is 10.6. The molecule has 0 atom stereocenters. The van der Waals surface area contributed by atoms with Crippen LogP contribution in [0.1, 0.15) is 10.4 Å². The van der Waals surface area contributed by atoms with E-state index in [1.807, 2.05) is 6.07 Å². The third-order valence-electron chi connectivity index (χ3n) is 3.17. The number of nitrogens with one attached hydrogen (secondary N) is 1. The van der Waals surface area contributed by atoms with E-state index in [0.717, 1.165) is 8.14 Å². The molecular formula is C15H8BrIN2O2S. The normalized spacial score (nSPS) is 10.8. The maximum Gasteiger partial charge on any atom is 0.269 e. The Balaban J connectivity index is 2.32. The van der Waals surface area contributed by atoms with Gasteiger partial charge in [0.2, 0.25) is 0 Å². The monoisotopic (exact) mass is 486 g/mol. The largest absolute Gasteiger partial charge is 0.331 e. The maximum absolute atomic E-state index is 12.7. The molecule has 0 unspecified atom stereocenters. The Morgan fingerprint density at radius 2 is 1.95 bits per heavy atom. The number of carbonyl (C=O) groups excluding carboxylic acids is 1. The summed E-state index contributed by atoms with van der Waals surface area (Å²) < 4.78 is 2.60. The van der Waals surface area contributed by atoms with Crippen molar-refractivity contribution in [3.05, 3.63) is 71.2 Å². The SMILES string of the molecule is O=C(c1ccccc1Br)n1c(=S)[nH]c2ccc(I)cc2c1=O. The zero-order valence-corrected chi connectivity index (χ0v) is 15.5. The molecule has 1 N–H and O–H groups in total. The molecule has 2 aromatic carbocycles. The van der Waals surface area contributed by atoms with Gasteiger partial charge in [0.05, 0.1) is 16.5 Å². The molecule has 1 aromatic heterocycles. The van der Waals surface area contributed by atoms with Gasteiger partial charge in [-0.1, -0.05) is 12.1 Å². The molecule has 0 aliphatic rings. The summed E-state index contributed by atoms with van der Waals surface area (Å²) in [4.78, 5) is 28.3. The van der Waals surface area contributed by atoms with E-state index >= 15 is 0 Å². The predicted octanol–water partition coefficient (Wildman–Crippen LogP) is 4.11. The highest BCUT2D eigenvalue weighted by molar-refractivity contribution is 14.1. The van der Waals surface area contributed by atoms with Crippen molar-refractivity contribution in [2.75, 3.05) is 0 Å². The minimum absolute atomic E-state index is 0.0828. The zero-order chi connectivity index (χ0) is 15.9. The first-order valence-corrected chi connectivity index (χ1v) is 8.51. The Morgan fingerprint density at radius 3 is 2.68 bits per heavy atom. The van der Waals surface area contributed by atoms with Crippen molar-refractivity contribution >= 4 is 67.5 Å². The van der Waals surface area contributed by atoms with E-state index in [0.29, 0.717) is 20.9 Å². The lowest BCUT2D eigenvalue weighted by atomic mass is 10.2. The van der Waals surface area contributed by atoms with Gasteiger partial charge < -0.3 is 4.98 Å². The van der Waals surface area contributed by atoms with Gasteiger partial charge in [-0.3, -0.25) is 9.59 Å². The van der Waals surface area contributed by atoms with E-state index < -0.39 is 11.5 Å². The van der Waals surface area contributed by atoms with E-state index in [-0.39, 0.29) is 4.77 Å². The van der Waals surface area contributed by atoms with Crippen molar-refractivity contribution in [1.82, 2.24) is 9.55 Å². The van der Waals surface area contributed by atoms with Gasteiger partial charge in [-0.2, -0.15) is 0 Å². The highest BCUT2D eigenvalue weighted by Gasteiger charge is 2.16. The molecule has 0 fully saturated rings.